The lowest BCUT2D eigenvalue weighted by molar-refractivity contribution is -0.0237. The Bertz CT molecular complexity index is 546. The number of aromatic nitrogens is 2. The van der Waals surface area contributed by atoms with Crippen LogP contribution in [0.25, 0.3) is 0 Å². The average molecular weight is 267 g/mol. The minimum atomic E-state index is -0.403. The number of nitrogen functional groups attached to an aromatic ring is 1. The van der Waals surface area contributed by atoms with Crippen LogP contribution in [0.3, 0.4) is 0 Å². The molecule has 1 fully saturated rings. The van der Waals surface area contributed by atoms with Crippen LogP contribution < -0.4 is 21.5 Å². The molecular weight excluding hydrogens is 250 g/mol. The number of aliphatic hydroxyl groups excluding tert-OH is 2. The van der Waals surface area contributed by atoms with Crippen molar-refractivity contribution in [2.75, 3.05) is 35.8 Å². The molecule has 1 aliphatic heterocycles. The molecule has 1 saturated carbocycles. The number of aromatic amines is 1. The third-order valence-corrected chi connectivity index (χ3v) is 4.07. The number of nitrogens with zero attached hydrogens (tertiary/aromatic N) is 2. The number of nitrogens with two attached hydrogens (primary N) is 1. The predicted octanol–water partition coefficient (Wildman–Crippen LogP) is -1.33. The molecule has 2 aliphatic rings. The number of hydrogen-bond acceptors (Lipinski definition) is 7. The summed E-state index contributed by atoms with van der Waals surface area (Å²) in [5.74, 6) is 0.642. The molecule has 0 atom stereocenters. The maximum Gasteiger partial charge on any atom is 0.277 e. The smallest absolute Gasteiger partial charge is 0.277 e. The molecule has 0 amide bonds. The van der Waals surface area contributed by atoms with Crippen molar-refractivity contribution in [2.24, 2.45) is 5.41 Å². The minimum Gasteiger partial charge on any atom is -0.396 e. The van der Waals surface area contributed by atoms with Crippen LogP contribution in [0.15, 0.2) is 4.79 Å². The Kier molecular flexibility index (Phi) is 2.64. The second-order valence-corrected chi connectivity index (χ2v) is 5.33. The Hall–Kier alpha value is -1.80. The van der Waals surface area contributed by atoms with Crippen LogP contribution in [0.2, 0.25) is 0 Å². The van der Waals surface area contributed by atoms with Gasteiger partial charge in [-0.1, -0.05) is 0 Å². The lowest BCUT2D eigenvalue weighted by atomic mass is 9.66. The first-order chi connectivity index (χ1) is 9.08. The minimum absolute atomic E-state index is 0.0287. The Morgan fingerprint density at radius 2 is 2.11 bits per heavy atom. The first kappa shape index (κ1) is 12.2. The zero-order valence-electron chi connectivity index (χ0n) is 10.4. The van der Waals surface area contributed by atoms with E-state index >= 15 is 0 Å². The summed E-state index contributed by atoms with van der Waals surface area (Å²) in [6, 6.07) is 0.154. The van der Waals surface area contributed by atoms with E-state index in [1.807, 2.05) is 4.90 Å². The monoisotopic (exact) mass is 267 g/mol. The van der Waals surface area contributed by atoms with Crippen LogP contribution in [-0.4, -0.2) is 46.1 Å². The number of hydrogen-bond donors (Lipinski definition) is 5. The van der Waals surface area contributed by atoms with Crippen molar-refractivity contribution in [3.63, 3.8) is 0 Å². The summed E-state index contributed by atoms with van der Waals surface area (Å²) in [6.07, 6.45) is 1.35. The maximum atomic E-state index is 11.7. The second-order valence-electron chi connectivity index (χ2n) is 5.33. The van der Waals surface area contributed by atoms with Crippen molar-refractivity contribution in [3.8, 4) is 0 Å². The fraction of sp³-hybridized carbons (Fsp3) is 0.636. The molecule has 0 bridgehead atoms. The van der Waals surface area contributed by atoms with E-state index in [0.717, 1.165) is 0 Å². The molecule has 6 N–H and O–H groups in total. The van der Waals surface area contributed by atoms with Gasteiger partial charge >= 0.3 is 0 Å². The molecule has 104 valence electrons. The SMILES string of the molecule is Nc1nc2c(c(=O)[nH]1)NCN2C1CC(CO)(CO)C1. The largest absolute Gasteiger partial charge is 0.396 e. The van der Waals surface area contributed by atoms with Gasteiger partial charge in [-0.25, -0.2) is 0 Å². The molecule has 2 heterocycles. The maximum absolute atomic E-state index is 11.7. The highest BCUT2D eigenvalue weighted by molar-refractivity contribution is 5.71. The van der Waals surface area contributed by atoms with E-state index in [1.54, 1.807) is 0 Å². The number of nitrogens with one attached hydrogen (secondary N) is 2. The molecule has 1 aromatic rings. The molecule has 1 aliphatic carbocycles. The Balaban J connectivity index is 1.83. The summed E-state index contributed by atoms with van der Waals surface area (Å²) < 4.78 is 0. The average Bonchev–Trinajstić information content (AvgIpc) is 2.73. The standard InChI is InChI=1S/C11H17N5O3/c12-10-14-8-7(9(19)15-10)13-5-16(8)6-1-11(2-6,3-17)4-18/h6,13,17-18H,1-5H2,(H3,12,14,15,19). The first-order valence-electron chi connectivity index (χ1n) is 6.20. The molecule has 8 heteroatoms. The van der Waals surface area contributed by atoms with E-state index in [1.165, 1.54) is 0 Å². The van der Waals surface area contributed by atoms with Gasteiger partial charge in [-0.05, 0) is 12.8 Å². The van der Waals surface area contributed by atoms with Crippen LogP contribution in [0.5, 0.6) is 0 Å². The zero-order chi connectivity index (χ0) is 13.6. The van der Waals surface area contributed by atoms with Gasteiger partial charge in [-0.3, -0.25) is 9.78 Å². The fourth-order valence-corrected chi connectivity index (χ4v) is 2.86. The second kappa shape index (κ2) is 4.10. The third-order valence-electron chi connectivity index (χ3n) is 4.07. The van der Waals surface area contributed by atoms with Crippen LogP contribution in [0.1, 0.15) is 12.8 Å². The summed E-state index contributed by atoms with van der Waals surface area (Å²) in [7, 11) is 0. The summed E-state index contributed by atoms with van der Waals surface area (Å²) in [5, 5.41) is 21.6. The molecule has 0 radical (unpaired) electrons. The van der Waals surface area contributed by atoms with Gasteiger partial charge in [0.2, 0.25) is 5.95 Å². The summed E-state index contributed by atoms with van der Waals surface area (Å²) >= 11 is 0. The van der Waals surface area contributed by atoms with Gasteiger partial charge in [0, 0.05) is 11.5 Å². The van der Waals surface area contributed by atoms with Gasteiger partial charge in [0.1, 0.15) is 5.69 Å². The van der Waals surface area contributed by atoms with E-state index in [-0.39, 0.29) is 30.8 Å². The van der Waals surface area contributed by atoms with Crippen molar-refractivity contribution in [2.45, 2.75) is 18.9 Å². The molecule has 3 rings (SSSR count). The van der Waals surface area contributed by atoms with Crippen LogP contribution >= 0.6 is 0 Å². The Morgan fingerprint density at radius 1 is 1.42 bits per heavy atom. The van der Waals surface area contributed by atoms with E-state index in [4.69, 9.17) is 5.73 Å². The van der Waals surface area contributed by atoms with Crippen LogP contribution in [0, 0.1) is 5.41 Å². The highest BCUT2D eigenvalue weighted by atomic mass is 16.3. The topological polar surface area (TPSA) is 128 Å². The van der Waals surface area contributed by atoms with Gasteiger partial charge in [-0.2, -0.15) is 4.98 Å². The van der Waals surface area contributed by atoms with Gasteiger partial charge in [-0.15, -0.1) is 0 Å². The predicted molar refractivity (Wildman–Crippen MR) is 69.9 cm³/mol. The molecule has 8 nitrogen and oxygen atoms in total. The van der Waals surface area contributed by atoms with Crippen molar-refractivity contribution < 1.29 is 10.2 Å². The van der Waals surface area contributed by atoms with Crippen LogP contribution in [-0.2, 0) is 0 Å². The molecule has 0 unspecified atom stereocenters. The van der Waals surface area contributed by atoms with Crippen molar-refractivity contribution >= 4 is 17.5 Å². The van der Waals surface area contributed by atoms with Crippen molar-refractivity contribution in [1.29, 1.82) is 0 Å². The molecule has 0 aromatic carbocycles. The van der Waals surface area contributed by atoms with Gasteiger partial charge < -0.3 is 26.2 Å². The first-order valence-corrected chi connectivity index (χ1v) is 6.20. The number of fused-ring (bicyclic) bond motifs is 1. The van der Waals surface area contributed by atoms with Gasteiger partial charge in [0.15, 0.2) is 5.82 Å². The Morgan fingerprint density at radius 3 is 2.74 bits per heavy atom. The lowest BCUT2D eigenvalue weighted by Crippen LogP contribution is -2.54. The van der Waals surface area contributed by atoms with Gasteiger partial charge in [0.25, 0.3) is 5.56 Å². The van der Waals surface area contributed by atoms with E-state index in [9.17, 15) is 15.0 Å². The lowest BCUT2D eigenvalue weighted by Gasteiger charge is -2.49. The number of rotatable bonds is 3. The summed E-state index contributed by atoms with van der Waals surface area (Å²) in [5.41, 5.74) is 5.31. The normalized spacial score (nSPS) is 20.8. The van der Waals surface area contributed by atoms with Crippen molar-refractivity contribution in [3.05, 3.63) is 10.4 Å². The number of aliphatic hydroxyl groups is 2. The van der Waals surface area contributed by atoms with Crippen LogP contribution in [0.4, 0.5) is 17.5 Å². The number of H-pyrrole nitrogens is 1. The van der Waals surface area contributed by atoms with E-state index in [0.29, 0.717) is 31.0 Å². The summed E-state index contributed by atoms with van der Waals surface area (Å²) in [4.78, 5) is 20.3. The number of anilines is 3. The molecular formula is C11H17N5O3. The highest BCUT2D eigenvalue weighted by Gasteiger charge is 2.47. The van der Waals surface area contributed by atoms with E-state index < -0.39 is 5.41 Å². The highest BCUT2D eigenvalue weighted by Crippen LogP contribution is 2.45. The quantitative estimate of drug-likeness (QED) is 0.459. The molecule has 19 heavy (non-hydrogen) atoms. The van der Waals surface area contributed by atoms with E-state index in [2.05, 4.69) is 15.3 Å². The third kappa shape index (κ3) is 1.75. The zero-order valence-corrected chi connectivity index (χ0v) is 10.4. The molecule has 0 spiro atoms. The molecule has 0 saturated heterocycles. The van der Waals surface area contributed by atoms with Crippen molar-refractivity contribution in [1.82, 2.24) is 9.97 Å². The molecule has 1 aromatic heterocycles. The Labute approximate surface area is 109 Å². The summed E-state index contributed by atoms with van der Waals surface area (Å²) in [6.45, 7) is 0.435. The van der Waals surface area contributed by atoms with Gasteiger partial charge in [0.05, 0.1) is 19.9 Å². The fourth-order valence-electron chi connectivity index (χ4n) is 2.86.